The molecule has 0 aliphatic carbocycles. The van der Waals surface area contributed by atoms with E-state index in [4.69, 9.17) is 4.74 Å². The lowest BCUT2D eigenvalue weighted by Gasteiger charge is -2.27. The number of hydrogen-bond donors (Lipinski definition) is 2. The molecule has 0 spiro atoms. The first-order valence-electron chi connectivity index (χ1n) is 5.04. The fourth-order valence-electron chi connectivity index (χ4n) is 1.28. The molecule has 1 saturated heterocycles. The van der Waals surface area contributed by atoms with E-state index in [0.717, 1.165) is 26.3 Å². The first-order valence-corrected chi connectivity index (χ1v) is 5.04. The first kappa shape index (κ1) is 11.4. The molecule has 82 valence electrons. The SMILES string of the molecule is CC(C)NC(=O)CNN1CCOCC1. The molecule has 1 amide bonds. The minimum atomic E-state index is 0.0338. The summed E-state index contributed by atoms with van der Waals surface area (Å²) in [6.07, 6.45) is 0. The highest BCUT2D eigenvalue weighted by molar-refractivity contribution is 5.78. The molecule has 0 bridgehead atoms. The van der Waals surface area contributed by atoms with Gasteiger partial charge in [-0.25, -0.2) is 10.4 Å². The number of nitrogens with one attached hydrogen (secondary N) is 2. The summed E-state index contributed by atoms with van der Waals surface area (Å²) >= 11 is 0. The van der Waals surface area contributed by atoms with Crippen LogP contribution in [-0.4, -0.2) is 49.8 Å². The molecule has 0 unspecified atom stereocenters. The zero-order valence-corrected chi connectivity index (χ0v) is 8.88. The van der Waals surface area contributed by atoms with Crippen molar-refractivity contribution in [2.45, 2.75) is 19.9 Å². The molecule has 1 aliphatic rings. The predicted octanol–water partition coefficient (Wildman–Crippen LogP) is -0.652. The molecule has 2 N–H and O–H groups in total. The van der Waals surface area contributed by atoms with Crippen LogP contribution in [0.25, 0.3) is 0 Å². The average molecular weight is 201 g/mol. The second-order valence-electron chi connectivity index (χ2n) is 3.66. The highest BCUT2D eigenvalue weighted by Gasteiger charge is 2.11. The number of nitrogens with zero attached hydrogens (tertiary/aromatic N) is 1. The number of carbonyl (C=O) groups excluding carboxylic acids is 1. The lowest BCUT2D eigenvalue weighted by molar-refractivity contribution is -0.122. The maximum Gasteiger partial charge on any atom is 0.235 e. The maximum absolute atomic E-state index is 11.3. The second-order valence-corrected chi connectivity index (χ2v) is 3.66. The van der Waals surface area contributed by atoms with Gasteiger partial charge in [-0.3, -0.25) is 4.79 Å². The van der Waals surface area contributed by atoms with E-state index in [0.29, 0.717) is 6.54 Å². The summed E-state index contributed by atoms with van der Waals surface area (Å²) in [6.45, 7) is 7.40. The van der Waals surface area contributed by atoms with Gasteiger partial charge in [0.2, 0.25) is 5.91 Å². The van der Waals surface area contributed by atoms with Gasteiger partial charge in [0, 0.05) is 19.1 Å². The topological polar surface area (TPSA) is 53.6 Å². The molecule has 1 heterocycles. The van der Waals surface area contributed by atoms with Crippen molar-refractivity contribution in [1.82, 2.24) is 15.8 Å². The zero-order chi connectivity index (χ0) is 10.4. The van der Waals surface area contributed by atoms with E-state index >= 15 is 0 Å². The van der Waals surface area contributed by atoms with Gasteiger partial charge in [-0.15, -0.1) is 0 Å². The fraction of sp³-hybridized carbons (Fsp3) is 0.889. The molecule has 5 nitrogen and oxygen atoms in total. The molecule has 0 aromatic heterocycles. The minimum Gasteiger partial charge on any atom is -0.379 e. The van der Waals surface area contributed by atoms with Crippen molar-refractivity contribution in [1.29, 1.82) is 0 Å². The highest BCUT2D eigenvalue weighted by Crippen LogP contribution is 1.91. The summed E-state index contributed by atoms with van der Waals surface area (Å²) in [4.78, 5) is 11.3. The van der Waals surface area contributed by atoms with Crippen LogP contribution in [0.3, 0.4) is 0 Å². The lowest BCUT2D eigenvalue weighted by Crippen LogP contribution is -2.49. The Morgan fingerprint density at radius 2 is 2.07 bits per heavy atom. The smallest absolute Gasteiger partial charge is 0.235 e. The van der Waals surface area contributed by atoms with Gasteiger partial charge in [-0.1, -0.05) is 0 Å². The van der Waals surface area contributed by atoms with Crippen molar-refractivity contribution in [2.24, 2.45) is 0 Å². The normalized spacial score (nSPS) is 18.5. The van der Waals surface area contributed by atoms with Gasteiger partial charge in [0.05, 0.1) is 19.8 Å². The van der Waals surface area contributed by atoms with Gasteiger partial charge < -0.3 is 10.1 Å². The van der Waals surface area contributed by atoms with Crippen molar-refractivity contribution in [3.63, 3.8) is 0 Å². The Balaban J connectivity index is 2.09. The van der Waals surface area contributed by atoms with Crippen LogP contribution < -0.4 is 10.7 Å². The third-order valence-electron chi connectivity index (χ3n) is 1.92. The maximum atomic E-state index is 11.3. The van der Waals surface area contributed by atoms with Crippen molar-refractivity contribution >= 4 is 5.91 Å². The predicted molar refractivity (Wildman–Crippen MR) is 53.7 cm³/mol. The minimum absolute atomic E-state index is 0.0338. The summed E-state index contributed by atoms with van der Waals surface area (Å²) in [7, 11) is 0. The van der Waals surface area contributed by atoms with Crippen LogP contribution in [0.1, 0.15) is 13.8 Å². The van der Waals surface area contributed by atoms with E-state index in [-0.39, 0.29) is 11.9 Å². The largest absolute Gasteiger partial charge is 0.379 e. The van der Waals surface area contributed by atoms with E-state index in [9.17, 15) is 4.79 Å². The molecule has 0 aromatic carbocycles. The molecular weight excluding hydrogens is 182 g/mol. The number of ether oxygens (including phenoxy) is 1. The van der Waals surface area contributed by atoms with Crippen LogP contribution in [0.2, 0.25) is 0 Å². The lowest BCUT2D eigenvalue weighted by atomic mass is 10.4. The van der Waals surface area contributed by atoms with E-state index < -0.39 is 0 Å². The molecule has 1 aliphatic heterocycles. The zero-order valence-electron chi connectivity index (χ0n) is 8.88. The van der Waals surface area contributed by atoms with Gasteiger partial charge in [0.15, 0.2) is 0 Å². The summed E-state index contributed by atoms with van der Waals surface area (Å²) in [5.41, 5.74) is 3.07. The van der Waals surface area contributed by atoms with Gasteiger partial charge in [-0.05, 0) is 13.8 Å². The second kappa shape index (κ2) is 5.95. The number of amides is 1. The average Bonchev–Trinajstić information content (AvgIpc) is 2.15. The third kappa shape index (κ3) is 4.55. The number of morpholine rings is 1. The molecule has 0 saturated carbocycles. The molecule has 1 fully saturated rings. The molecule has 0 radical (unpaired) electrons. The quantitative estimate of drug-likeness (QED) is 0.634. The Labute approximate surface area is 84.8 Å². The molecule has 14 heavy (non-hydrogen) atoms. The van der Waals surface area contributed by atoms with Crippen LogP contribution in [0.5, 0.6) is 0 Å². The summed E-state index contributed by atoms with van der Waals surface area (Å²) < 4.78 is 5.19. The number of carbonyl (C=O) groups is 1. The van der Waals surface area contributed by atoms with Gasteiger partial charge >= 0.3 is 0 Å². The Morgan fingerprint density at radius 1 is 1.43 bits per heavy atom. The van der Waals surface area contributed by atoms with Crippen LogP contribution in [0.15, 0.2) is 0 Å². The van der Waals surface area contributed by atoms with Gasteiger partial charge in [0.25, 0.3) is 0 Å². The molecule has 1 rings (SSSR count). The van der Waals surface area contributed by atoms with Gasteiger partial charge in [-0.2, -0.15) is 0 Å². The summed E-state index contributed by atoms with van der Waals surface area (Å²) in [5, 5.41) is 4.84. The van der Waals surface area contributed by atoms with E-state index in [1.165, 1.54) is 0 Å². The summed E-state index contributed by atoms with van der Waals surface area (Å²) in [5.74, 6) is 0.0338. The molecule has 5 heteroatoms. The number of hydrogen-bond acceptors (Lipinski definition) is 4. The van der Waals surface area contributed by atoms with Crippen molar-refractivity contribution in [2.75, 3.05) is 32.8 Å². The van der Waals surface area contributed by atoms with Crippen molar-refractivity contribution < 1.29 is 9.53 Å². The van der Waals surface area contributed by atoms with E-state index in [1.54, 1.807) is 0 Å². The third-order valence-corrected chi connectivity index (χ3v) is 1.92. The Morgan fingerprint density at radius 3 is 2.64 bits per heavy atom. The Hall–Kier alpha value is -0.650. The van der Waals surface area contributed by atoms with Crippen LogP contribution in [0.4, 0.5) is 0 Å². The van der Waals surface area contributed by atoms with E-state index in [1.807, 2.05) is 18.9 Å². The summed E-state index contributed by atoms with van der Waals surface area (Å²) in [6, 6.07) is 0.203. The van der Waals surface area contributed by atoms with Gasteiger partial charge in [0.1, 0.15) is 0 Å². The van der Waals surface area contributed by atoms with Crippen molar-refractivity contribution in [3.05, 3.63) is 0 Å². The van der Waals surface area contributed by atoms with E-state index in [2.05, 4.69) is 10.7 Å². The van der Waals surface area contributed by atoms with Crippen LogP contribution in [0, 0.1) is 0 Å². The number of hydrazine groups is 1. The Kier molecular flexibility index (Phi) is 4.86. The Bertz CT molecular complexity index is 179. The van der Waals surface area contributed by atoms with Crippen molar-refractivity contribution in [3.8, 4) is 0 Å². The standard InChI is InChI=1S/C9H19N3O2/c1-8(2)11-9(13)7-10-12-3-5-14-6-4-12/h8,10H,3-7H2,1-2H3,(H,11,13). The molecule has 0 atom stereocenters. The van der Waals surface area contributed by atoms with Crippen LogP contribution in [-0.2, 0) is 9.53 Å². The fourth-order valence-corrected chi connectivity index (χ4v) is 1.28. The monoisotopic (exact) mass is 201 g/mol. The first-order chi connectivity index (χ1) is 6.68. The highest BCUT2D eigenvalue weighted by atomic mass is 16.5. The molecule has 0 aromatic rings. The molecular formula is C9H19N3O2. The van der Waals surface area contributed by atoms with Crippen LogP contribution >= 0.6 is 0 Å². The number of rotatable bonds is 4.